The van der Waals surface area contributed by atoms with Gasteiger partial charge in [-0.2, -0.15) is 0 Å². The van der Waals surface area contributed by atoms with E-state index < -0.39 is 17.7 Å². The van der Waals surface area contributed by atoms with Crippen LogP contribution >= 0.6 is 0 Å². The number of hydrogen-bond donors (Lipinski definition) is 2. The maximum absolute atomic E-state index is 13.7. The molecule has 0 bridgehead atoms. The molecule has 2 aromatic rings. The first-order valence-electron chi connectivity index (χ1n) is 7.09. The third-order valence-electron chi connectivity index (χ3n) is 3.05. The zero-order chi connectivity index (χ0) is 16.8. The second-order valence-electron chi connectivity index (χ2n) is 4.80. The summed E-state index contributed by atoms with van der Waals surface area (Å²) in [5, 5.41) is 11.6. The Kier molecular flexibility index (Phi) is 5.30. The number of rotatable bonds is 6. The Morgan fingerprint density at radius 2 is 1.96 bits per heavy atom. The van der Waals surface area contributed by atoms with Gasteiger partial charge in [0, 0.05) is 0 Å². The lowest BCUT2D eigenvalue weighted by molar-refractivity contribution is 0.0696. The van der Waals surface area contributed by atoms with Crippen LogP contribution in [0.15, 0.2) is 42.5 Å². The number of hydrogen-bond acceptors (Lipinski definition) is 3. The Bertz CT molecular complexity index is 730. The van der Waals surface area contributed by atoms with Gasteiger partial charge >= 0.3 is 5.97 Å². The molecule has 0 saturated heterocycles. The first kappa shape index (κ1) is 16.5. The van der Waals surface area contributed by atoms with Crippen LogP contribution in [0.4, 0.5) is 10.1 Å². The van der Waals surface area contributed by atoms with Gasteiger partial charge in [0.05, 0.1) is 23.4 Å². The molecule has 0 spiro atoms. The second kappa shape index (κ2) is 7.40. The molecule has 1 amide bonds. The van der Waals surface area contributed by atoms with E-state index in [9.17, 15) is 14.0 Å². The smallest absolute Gasteiger partial charge is 0.335 e. The van der Waals surface area contributed by atoms with Crippen LogP contribution in [0.3, 0.4) is 0 Å². The molecule has 2 N–H and O–H groups in total. The quantitative estimate of drug-likeness (QED) is 0.854. The molecule has 0 aliphatic heterocycles. The van der Waals surface area contributed by atoms with Gasteiger partial charge in [-0.25, -0.2) is 9.18 Å². The molecule has 0 atom stereocenters. The van der Waals surface area contributed by atoms with Crippen LogP contribution in [-0.4, -0.2) is 23.6 Å². The summed E-state index contributed by atoms with van der Waals surface area (Å²) in [6.45, 7) is 2.33. The molecule has 0 radical (unpaired) electrons. The number of aromatic carboxylic acids is 1. The SMILES string of the molecule is CCCOc1ccc(C(=O)O)cc1NC(=O)c1ccccc1F. The summed E-state index contributed by atoms with van der Waals surface area (Å²) >= 11 is 0. The Hall–Kier alpha value is -2.89. The molecular formula is C17H16FNO4. The maximum Gasteiger partial charge on any atom is 0.335 e. The van der Waals surface area contributed by atoms with Gasteiger partial charge < -0.3 is 15.2 Å². The lowest BCUT2D eigenvalue weighted by Crippen LogP contribution is -2.15. The molecule has 0 unspecified atom stereocenters. The van der Waals surface area contributed by atoms with Crippen molar-refractivity contribution in [2.75, 3.05) is 11.9 Å². The van der Waals surface area contributed by atoms with Crippen molar-refractivity contribution in [3.8, 4) is 5.75 Å². The van der Waals surface area contributed by atoms with Crippen molar-refractivity contribution >= 4 is 17.6 Å². The van der Waals surface area contributed by atoms with Crippen molar-refractivity contribution in [1.29, 1.82) is 0 Å². The molecule has 0 fully saturated rings. The lowest BCUT2D eigenvalue weighted by Gasteiger charge is -2.13. The van der Waals surface area contributed by atoms with Crippen LogP contribution in [0.1, 0.15) is 34.1 Å². The minimum Gasteiger partial charge on any atom is -0.491 e. The number of carboxylic acid groups (broad SMARTS) is 1. The normalized spacial score (nSPS) is 10.2. The Labute approximate surface area is 132 Å². The minimum atomic E-state index is -1.13. The number of carbonyl (C=O) groups excluding carboxylic acids is 1. The van der Waals surface area contributed by atoms with E-state index in [4.69, 9.17) is 9.84 Å². The molecular weight excluding hydrogens is 301 g/mol. The zero-order valence-electron chi connectivity index (χ0n) is 12.5. The van der Waals surface area contributed by atoms with E-state index in [1.807, 2.05) is 6.92 Å². The van der Waals surface area contributed by atoms with E-state index in [1.54, 1.807) is 6.07 Å². The number of halogens is 1. The number of ether oxygens (including phenoxy) is 1. The van der Waals surface area contributed by atoms with Crippen molar-refractivity contribution in [3.63, 3.8) is 0 Å². The van der Waals surface area contributed by atoms with Crippen LogP contribution in [0.5, 0.6) is 5.75 Å². The van der Waals surface area contributed by atoms with Crippen LogP contribution in [0, 0.1) is 5.82 Å². The van der Waals surface area contributed by atoms with Gasteiger partial charge in [0.25, 0.3) is 5.91 Å². The van der Waals surface area contributed by atoms with E-state index in [0.29, 0.717) is 12.4 Å². The third kappa shape index (κ3) is 4.06. The first-order valence-corrected chi connectivity index (χ1v) is 7.09. The van der Waals surface area contributed by atoms with Crippen LogP contribution < -0.4 is 10.1 Å². The summed E-state index contributed by atoms with van der Waals surface area (Å²) in [5.41, 5.74) is 0.0546. The van der Waals surface area contributed by atoms with Gasteiger partial charge in [0.1, 0.15) is 11.6 Å². The highest BCUT2D eigenvalue weighted by molar-refractivity contribution is 6.05. The fourth-order valence-corrected chi connectivity index (χ4v) is 1.93. The number of nitrogens with one attached hydrogen (secondary N) is 1. The topological polar surface area (TPSA) is 75.6 Å². The Morgan fingerprint density at radius 1 is 1.22 bits per heavy atom. The molecule has 0 saturated carbocycles. The van der Waals surface area contributed by atoms with Crippen molar-refractivity contribution < 1.29 is 23.8 Å². The first-order chi connectivity index (χ1) is 11.0. The molecule has 0 aliphatic carbocycles. The zero-order valence-corrected chi connectivity index (χ0v) is 12.5. The summed E-state index contributed by atoms with van der Waals surface area (Å²) in [6, 6.07) is 9.68. The average molecular weight is 317 g/mol. The summed E-state index contributed by atoms with van der Waals surface area (Å²) < 4.78 is 19.2. The van der Waals surface area contributed by atoms with E-state index in [0.717, 1.165) is 6.42 Å². The standard InChI is InChI=1S/C17H16FNO4/c1-2-9-23-15-8-7-11(17(21)22)10-14(15)19-16(20)12-5-3-4-6-13(12)18/h3-8,10H,2,9H2,1H3,(H,19,20)(H,21,22). The maximum atomic E-state index is 13.7. The van der Waals surface area contributed by atoms with E-state index in [1.165, 1.54) is 36.4 Å². The molecule has 5 nitrogen and oxygen atoms in total. The Morgan fingerprint density at radius 3 is 2.61 bits per heavy atom. The summed E-state index contributed by atoms with van der Waals surface area (Å²) in [6.07, 6.45) is 0.751. The van der Waals surface area contributed by atoms with Gasteiger partial charge in [-0.1, -0.05) is 19.1 Å². The molecule has 0 aliphatic rings. The number of benzene rings is 2. The number of carbonyl (C=O) groups is 2. The van der Waals surface area contributed by atoms with Crippen LogP contribution in [0.2, 0.25) is 0 Å². The fraction of sp³-hybridized carbons (Fsp3) is 0.176. The predicted molar refractivity (Wildman–Crippen MR) is 83.5 cm³/mol. The van der Waals surface area contributed by atoms with Crippen molar-refractivity contribution in [1.82, 2.24) is 0 Å². The molecule has 23 heavy (non-hydrogen) atoms. The number of amides is 1. The van der Waals surface area contributed by atoms with Crippen LogP contribution in [0.25, 0.3) is 0 Å². The van der Waals surface area contributed by atoms with Crippen molar-refractivity contribution in [2.45, 2.75) is 13.3 Å². The van der Waals surface area contributed by atoms with Crippen molar-refractivity contribution in [3.05, 3.63) is 59.4 Å². The molecule has 0 heterocycles. The van der Waals surface area contributed by atoms with Crippen LogP contribution in [-0.2, 0) is 0 Å². The highest BCUT2D eigenvalue weighted by Gasteiger charge is 2.15. The molecule has 120 valence electrons. The highest BCUT2D eigenvalue weighted by Crippen LogP contribution is 2.27. The van der Waals surface area contributed by atoms with Gasteiger partial charge in [-0.15, -0.1) is 0 Å². The highest BCUT2D eigenvalue weighted by atomic mass is 19.1. The van der Waals surface area contributed by atoms with E-state index in [-0.39, 0.29) is 16.8 Å². The van der Waals surface area contributed by atoms with Gasteiger partial charge in [-0.3, -0.25) is 4.79 Å². The Balaban J connectivity index is 2.32. The fourth-order valence-electron chi connectivity index (χ4n) is 1.93. The number of anilines is 1. The number of carboxylic acids is 1. The summed E-state index contributed by atoms with van der Waals surface area (Å²) in [4.78, 5) is 23.3. The largest absolute Gasteiger partial charge is 0.491 e. The summed E-state index contributed by atoms with van der Waals surface area (Å²) in [5.74, 6) is -2.13. The molecule has 6 heteroatoms. The predicted octanol–water partition coefficient (Wildman–Crippen LogP) is 3.57. The van der Waals surface area contributed by atoms with E-state index in [2.05, 4.69) is 5.32 Å². The monoisotopic (exact) mass is 317 g/mol. The molecule has 2 rings (SSSR count). The minimum absolute atomic E-state index is 0.00215. The van der Waals surface area contributed by atoms with Gasteiger partial charge in [0.15, 0.2) is 0 Å². The average Bonchev–Trinajstić information content (AvgIpc) is 2.53. The molecule has 0 aromatic heterocycles. The second-order valence-corrected chi connectivity index (χ2v) is 4.80. The third-order valence-corrected chi connectivity index (χ3v) is 3.05. The van der Waals surface area contributed by atoms with Gasteiger partial charge in [-0.05, 0) is 36.8 Å². The van der Waals surface area contributed by atoms with E-state index >= 15 is 0 Å². The lowest BCUT2D eigenvalue weighted by atomic mass is 10.1. The molecule has 2 aromatic carbocycles. The van der Waals surface area contributed by atoms with Crippen molar-refractivity contribution in [2.24, 2.45) is 0 Å². The van der Waals surface area contributed by atoms with Gasteiger partial charge in [0.2, 0.25) is 0 Å². The summed E-state index contributed by atoms with van der Waals surface area (Å²) in [7, 11) is 0.